The average molecular weight is 282 g/mol. The van der Waals surface area contributed by atoms with Crippen LogP contribution >= 0.6 is 0 Å². The lowest BCUT2D eigenvalue weighted by Crippen LogP contribution is -2.39. The maximum atomic E-state index is 6.19. The smallest absolute Gasteiger partial charge is 0.0599 e. The van der Waals surface area contributed by atoms with Crippen molar-refractivity contribution in [2.24, 2.45) is 11.8 Å². The molecule has 2 rings (SSSR count). The van der Waals surface area contributed by atoms with Crippen molar-refractivity contribution in [1.29, 1.82) is 0 Å². The number of hydrogen-bond donors (Lipinski definition) is 0. The van der Waals surface area contributed by atoms with Crippen LogP contribution in [-0.2, 0) is 4.74 Å². The first kappa shape index (κ1) is 16.3. The van der Waals surface area contributed by atoms with Crippen molar-refractivity contribution in [2.75, 3.05) is 45.9 Å². The van der Waals surface area contributed by atoms with Gasteiger partial charge in [-0.1, -0.05) is 20.8 Å². The highest BCUT2D eigenvalue weighted by Gasteiger charge is 2.23. The van der Waals surface area contributed by atoms with Crippen molar-refractivity contribution in [3.05, 3.63) is 0 Å². The molecule has 0 N–H and O–H groups in total. The molecule has 118 valence electrons. The monoisotopic (exact) mass is 282 g/mol. The summed E-state index contributed by atoms with van der Waals surface area (Å²) in [7, 11) is 0. The Balaban J connectivity index is 1.57. The van der Waals surface area contributed by atoms with Gasteiger partial charge in [-0.15, -0.1) is 0 Å². The van der Waals surface area contributed by atoms with Gasteiger partial charge in [0.1, 0.15) is 0 Å². The van der Waals surface area contributed by atoms with Crippen molar-refractivity contribution >= 4 is 0 Å². The highest BCUT2D eigenvalue weighted by molar-refractivity contribution is 4.75. The highest BCUT2D eigenvalue weighted by atomic mass is 16.5. The fraction of sp³-hybridized carbons (Fsp3) is 1.00. The van der Waals surface area contributed by atoms with Gasteiger partial charge in [0.05, 0.1) is 6.10 Å². The molecule has 2 aliphatic heterocycles. The third kappa shape index (κ3) is 5.34. The summed E-state index contributed by atoms with van der Waals surface area (Å²) in [6.45, 7) is 15.4. The summed E-state index contributed by atoms with van der Waals surface area (Å²) in [4.78, 5) is 5.16. The van der Waals surface area contributed by atoms with E-state index in [1.807, 2.05) is 0 Å². The summed E-state index contributed by atoms with van der Waals surface area (Å²) in [6, 6.07) is 0. The van der Waals surface area contributed by atoms with Gasteiger partial charge in [-0.25, -0.2) is 0 Å². The molecule has 0 aromatic rings. The van der Waals surface area contributed by atoms with Gasteiger partial charge in [0.2, 0.25) is 0 Å². The Morgan fingerprint density at radius 2 is 1.55 bits per heavy atom. The lowest BCUT2D eigenvalue weighted by Gasteiger charge is -2.35. The molecule has 0 unspecified atom stereocenters. The molecule has 0 amide bonds. The van der Waals surface area contributed by atoms with Crippen molar-refractivity contribution in [1.82, 2.24) is 9.80 Å². The number of ether oxygens (including phenoxy) is 1. The minimum absolute atomic E-state index is 0.534. The highest BCUT2D eigenvalue weighted by Crippen LogP contribution is 2.21. The number of nitrogens with zero attached hydrogens (tertiary/aromatic N) is 2. The molecule has 20 heavy (non-hydrogen) atoms. The molecule has 2 heterocycles. The molecule has 2 fully saturated rings. The largest absolute Gasteiger partial charge is 0.378 e. The molecule has 0 atom stereocenters. The molecule has 0 aromatic carbocycles. The molecule has 0 aromatic heterocycles. The molecule has 0 radical (unpaired) electrons. The Hall–Kier alpha value is -0.120. The average Bonchev–Trinajstić information content (AvgIpc) is 2.46. The van der Waals surface area contributed by atoms with Crippen molar-refractivity contribution in [2.45, 2.75) is 52.6 Å². The first-order valence-corrected chi connectivity index (χ1v) is 8.73. The third-order valence-corrected chi connectivity index (χ3v) is 4.88. The van der Waals surface area contributed by atoms with E-state index in [4.69, 9.17) is 4.74 Å². The zero-order valence-electron chi connectivity index (χ0n) is 13.8. The van der Waals surface area contributed by atoms with Crippen molar-refractivity contribution < 1.29 is 4.74 Å². The fourth-order valence-electron chi connectivity index (χ4n) is 3.52. The van der Waals surface area contributed by atoms with E-state index >= 15 is 0 Å². The van der Waals surface area contributed by atoms with Crippen LogP contribution < -0.4 is 0 Å². The van der Waals surface area contributed by atoms with Gasteiger partial charge in [0.15, 0.2) is 0 Å². The van der Waals surface area contributed by atoms with E-state index in [9.17, 15) is 0 Å². The Bertz CT molecular complexity index is 254. The molecule has 0 saturated carbocycles. The topological polar surface area (TPSA) is 15.7 Å². The predicted molar refractivity (Wildman–Crippen MR) is 85.1 cm³/mol. The molecular formula is C17H34N2O. The van der Waals surface area contributed by atoms with Gasteiger partial charge in [-0.2, -0.15) is 0 Å². The SMILES string of the molecule is CCN1CCC(OCC2CCN(CC(C)C)CC2)CC1. The summed E-state index contributed by atoms with van der Waals surface area (Å²) >= 11 is 0. The summed E-state index contributed by atoms with van der Waals surface area (Å²) in [6.07, 6.45) is 5.67. The van der Waals surface area contributed by atoms with Crippen LogP contribution in [0.4, 0.5) is 0 Å². The van der Waals surface area contributed by atoms with Crippen LogP contribution in [0.3, 0.4) is 0 Å². The summed E-state index contributed by atoms with van der Waals surface area (Å²) < 4.78 is 6.19. The maximum Gasteiger partial charge on any atom is 0.0599 e. The molecule has 0 aliphatic carbocycles. The number of rotatable bonds is 6. The van der Waals surface area contributed by atoms with Gasteiger partial charge in [-0.3, -0.25) is 0 Å². The Labute approximate surface area is 125 Å². The second kappa shape index (κ2) is 8.35. The molecule has 3 nitrogen and oxygen atoms in total. The van der Waals surface area contributed by atoms with Crippen LogP contribution in [0.1, 0.15) is 46.5 Å². The summed E-state index contributed by atoms with van der Waals surface area (Å²) in [5.41, 5.74) is 0. The Kier molecular flexibility index (Phi) is 6.79. The Morgan fingerprint density at radius 3 is 2.10 bits per heavy atom. The molecule has 3 heteroatoms. The maximum absolute atomic E-state index is 6.19. The van der Waals surface area contributed by atoms with Crippen LogP contribution in [0, 0.1) is 11.8 Å². The standard InChI is InChI=1S/C17H34N2O/c1-4-18-11-7-17(8-12-18)20-14-16-5-9-19(10-6-16)13-15(2)3/h15-17H,4-14H2,1-3H3. The summed E-state index contributed by atoms with van der Waals surface area (Å²) in [5, 5.41) is 0. The zero-order valence-corrected chi connectivity index (χ0v) is 13.8. The first-order valence-electron chi connectivity index (χ1n) is 8.73. The predicted octanol–water partition coefficient (Wildman–Crippen LogP) is 2.86. The van der Waals surface area contributed by atoms with Gasteiger partial charge >= 0.3 is 0 Å². The van der Waals surface area contributed by atoms with Gasteiger partial charge < -0.3 is 14.5 Å². The number of piperidine rings is 2. The van der Waals surface area contributed by atoms with Crippen molar-refractivity contribution in [3.8, 4) is 0 Å². The van der Waals surface area contributed by atoms with E-state index in [0.717, 1.165) is 18.4 Å². The van der Waals surface area contributed by atoms with E-state index in [-0.39, 0.29) is 0 Å². The third-order valence-electron chi connectivity index (χ3n) is 4.88. The Morgan fingerprint density at radius 1 is 0.950 bits per heavy atom. The lowest BCUT2D eigenvalue weighted by atomic mass is 9.97. The molecular weight excluding hydrogens is 248 g/mol. The minimum Gasteiger partial charge on any atom is -0.378 e. The van der Waals surface area contributed by atoms with Crippen LogP contribution in [-0.4, -0.2) is 61.8 Å². The van der Waals surface area contributed by atoms with E-state index in [2.05, 4.69) is 30.6 Å². The second-order valence-corrected chi connectivity index (χ2v) is 7.10. The zero-order chi connectivity index (χ0) is 14.4. The molecule has 0 bridgehead atoms. The van der Waals surface area contributed by atoms with Gasteiger partial charge in [0, 0.05) is 26.2 Å². The molecule has 2 aliphatic rings. The van der Waals surface area contributed by atoms with E-state index < -0.39 is 0 Å². The van der Waals surface area contributed by atoms with E-state index in [1.54, 1.807) is 0 Å². The quantitative estimate of drug-likeness (QED) is 0.745. The number of hydrogen-bond acceptors (Lipinski definition) is 3. The van der Waals surface area contributed by atoms with Crippen LogP contribution in [0.15, 0.2) is 0 Å². The van der Waals surface area contributed by atoms with E-state index in [0.29, 0.717) is 6.10 Å². The molecule has 0 spiro atoms. The molecule has 2 saturated heterocycles. The normalized spacial score (nSPS) is 24.6. The second-order valence-electron chi connectivity index (χ2n) is 7.10. The van der Waals surface area contributed by atoms with Crippen LogP contribution in [0.5, 0.6) is 0 Å². The lowest BCUT2D eigenvalue weighted by molar-refractivity contribution is -0.0189. The van der Waals surface area contributed by atoms with E-state index in [1.165, 1.54) is 65.0 Å². The van der Waals surface area contributed by atoms with Crippen LogP contribution in [0.2, 0.25) is 0 Å². The minimum atomic E-state index is 0.534. The summed E-state index contributed by atoms with van der Waals surface area (Å²) in [5.74, 6) is 1.61. The number of likely N-dealkylation sites (tertiary alicyclic amines) is 2. The fourth-order valence-corrected chi connectivity index (χ4v) is 3.52. The van der Waals surface area contributed by atoms with Crippen LogP contribution in [0.25, 0.3) is 0 Å². The van der Waals surface area contributed by atoms with Gasteiger partial charge in [-0.05, 0) is 57.2 Å². The first-order chi connectivity index (χ1) is 9.67. The van der Waals surface area contributed by atoms with Crippen molar-refractivity contribution in [3.63, 3.8) is 0 Å². The van der Waals surface area contributed by atoms with Gasteiger partial charge in [0.25, 0.3) is 0 Å².